The second-order valence-electron chi connectivity index (χ2n) is 12.6. The van der Waals surface area contributed by atoms with E-state index in [4.69, 9.17) is 0 Å². The van der Waals surface area contributed by atoms with Crippen molar-refractivity contribution in [2.75, 3.05) is 4.90 Å². The van der Waals surface area contributed by atoms with Crippen molar-refractivity contribution in [2.45, 2.75) is 19.3 Å². The summed E-state index contributed by atoms with van der Waals surface area (Å²) >= 11 is 0. The van der Waals surface area contributed by atoms with Gasteiger partial charge in [-0.15, -0.1) is 0 Å². The summed E-state index contributed by atoms with van der Waals surface area (Å²) < 4.78 is 2.50. The molecule has 2 nitrogen and oxygen atoms in total. The highest BCUT2D eigenvalue weighted by atomic mass is 15.1. The molecular formula is C43H32N2. The smallest absolute Gasteiger partial charge is 0.0547 e. The number of hydrogen-bond donors (Lipinski definition) is 0. The first-order valence-corrected chi connectivity index (χ1v) is 15.7. The van der Waals surface area contributed by atoms with Gasteiger partial charge in [0.25, 0.3) is 0 Å². The molecule has 0 saturated heterocycles. The summed E-state index contributed by atoms with van der Waals surface area (Å²) in [6, 6.07) is 57.5. The minimum Gasteiger partial charge on any atom is -0.310 e. The molecule has 45 heavy (non-hydrogen) atoms. The Balaban J connectivity index is 1.30. The van der Waals surface area contributed by atoms with E-state index in [1.54, 1.807) is 0 Å². The van der Waals surface area contributed by atoms with Crippen molar-refractivity contribution in [1.29, 1.82) is 0 Å². The third kappa shape index (κ3) is 3.76. The van der Waals surface area contributed by atoms with E-state index in [0.717, 1.165) is 17.1 Å². The first-order chi connectivity index (χ1) is 22.1. The number of fused-ring (bicyclic) bond motifs is 8. The number of aromatic nitrogens is 1. The van der Waals surface area contributed by atoms with Crippen LogP contribution in [0.15, 0.2) is 158 Å². The van der Waals surface area contributed by atoms with E-state index in [-0.39, 0.29) is 5.41 Å². The van der Waals surface area contributed by atoms with Crippen molar-refractivity contribution < 1.29 is 0 Å². The predicted molar refractivity (Wildman–Crippen MR) is 191 cm³/mol. The molecule has 9 rings (SSSR count). The van der Waals surface area contributed by atoms with E-state index in [9.17, 15) is 0 Å². The number of benzene rings is 7. The topological polar surface area (TPSA) is 8.17 Å². The van der Waals surface area contributed by atoms with Crippen LogP contribution in [0.5, 0.6) is 0 Å². The van der Waals surface area contributed by atoms with Crippen LogP contribution in [0.25, 0.3) is 49.4 Å². The fraction of sp³-hybridized carbons (Fsp3) is 0.0698. The normalized spacial score (nSPS) is 13.3. The first kappa shape index (κ1) is 25.9. The van der Waals surface area contributed by atoms with Crippen molar-refractivity contribution in [2.24, 2.45) is 0 Å². The Labute approximate surface area is 263 Å². The average Bonchev–Trinajstić information content (AvgIpc) is 3.55. The van der Waals surface area contributed by atoms with Crippen LogP contribution >= 0.6 is 0 Å². The lowest BCUT2D eigenvalue weighted by Crippen LogP contribution is -2.16. The van der Waals surface area contributed by atoms with Crippen molar-refractivity contribution in [1.82, 2.24) is 4.57 Å². The second kappa shape index (κ2) is 9.70. The van der Waals surface area contributed by atoms with Gasteiger partial charge >= 0.3 is 0 Å². The van der Waals surface area contributed by atoms with Gasteiger partial charge in [-0.2, -0.15) is 0 Å². The van der Waals surface area contributed by atoms with Gasteiger partial charge in [0, 0.05) is 38.8 Å². The second-order valence-corrected chi connectivity index (χ2v) is 12.6. The molecule has 1 aromatic heterocycles. The van der Waals surface area contributed by atoms with Crippen LogP contribution in [0.1, 0.15) is 25.0 Å². The standard InChI is InChI=1S/C43H32N2/c1-43(2)36-21-13-23-39(45-38-22-12-11-20-35(38)41-33-19-10-9-14-29(33)24-27-40(41)45)42(36)34-26-25-32(28-37(34)43)44(30-15-5-3-6-16-30)31-17-7-4-8-18-31/h3-28H,1-2H3. The van der Waals surface area contributed by atoms with Gasteiger partial charge in [-0.05, 0) is 82.1 Å². The van der Waals surface area contributed by atoms with Gasteiger partial charge in [0.2, 0.25) is 0 Å². The lowest BCUT2D eigenvalue weighted by molar-refractivity contribution is 0.660. The molecule has 2 heteroatoms. The maximum atomic E-state index is 2.50. The van der Waals surface area contributed by atoms with Crippen molar-refractivity contribution >= 4 is 49.6 Å². The quantitative estimate of drug-likeness (QED) is 0.202. The fourth-order valence-corrected chi connectivity index (χ4v) is 7.68. The molecule has 0 spiro atoms. The van der Waals surface area contributed by atoms with E-state index in [1.807, 2.05) is 0 Å². The SMILES string of the molecule is CC1(C)c2cc(N(c3ccccc3)c3ccccc3)ccc2-c2c(-n3c4ccccc4c4c5ccccc5ccc43)cccc21. The molecule has 1 aliphatic rings. The van der Waals surface area contributed by atoms with Crippen LogP contribution in [0.3, 0.4) is 0 Å². The monoisotopic (exact) mass is 576 g/mol. The molecule has 214 valence electrons. The van der Waals surface area contributed by atoms with E-state index in [1.165, 1.54) is 60.5 Å². The zero-order valence-corrected chi connectivity index (χ0v) is 25.4. The molecule has 0 amide bonds. The molecule has 0 atom stereocenters. The Morgan fingerprint density at radius 1 is 0.489 bits per heavy atom. The Kier molecular flexibility index (Phi) is 5.58. The molecule has 7 aromatic carbocycles. The lowest BCUT2D eigenvalue weighted by atomic mass is 9.82. The fourth-order valence-electron chi connectivity index (χ4n) is 7.68. The molecule has 1 heterocycles. The van der Waals surface area contributed by atoms with Crippen LogP contribution < -0.4 is 4.90 Å². The Morgan fingerprint density at radius 2 is 1.16 bits per heavy atom. The van der Waals surface area contributed by atoms with Gasteiger partial charge in [-0.25, -0.2) is 0 Å². The van der Waals surface area contributed by atoms with Crippen molar-refractivity contribution in [3.05, 3.63) is 169 Å². The van der Waals surface area contributed by atoms with E-state index in [2.05, 4.69) is 181 Å². The van der Waals surface area contributed by atoms with Gasteiger partial charge in [-0.3, -0.25) is 0 Å². The van der Waals surface area contributed by atoms with E-state index in [0.29, 0.717) is 0 Å². The average molecular weight is 577 g/mol. The zero-order chi connectivity index (χ0) is 30.1. The summed E-state index contributed by atoms with van der Waals surface area (Å²) in [5.74, 6) is 0. The minimum atomic E-state index is -0.165. The maximum absolute atomic E-state index is 2.50. The van der Waals surface area contributed by atoms with Gasteiger partial charge < -0.3 is 9.47 Å². The number of rotatable bonds is 4. The van der Waals surface area contributed by atoms with E-state index < -0.39 is 0 Å². The Bertz CT molecular complexity index is 2360. The van der Waals surface area contributed by atoms with Gasteiger partial charge in [0.1, 0.15) is 0 Å². The van der Waals surface area contributed by atoms with Crippen molar-refractivity contribution in [3.8, 4) is 16.8 Å². The number of hydrogen-bond acceptors (Lipinski definition) is 1. The molecule has 0 aliphatic heterocycles. The molecule has 0 bridgehead atoms. The molecule has 0 saturated carbocycles. The van der Waals surface area contributed by atoms with Crippen LogP contribution in [-0.4, -0.2) is 4.57 Å². The highest BCUT2D eigenvalue weighted by Crippen LogP contribution is 2.53. The molecule has 0 unspecified atom stereocenters. The first-order valence-electron chi connectivity index (χ1n) is 15.7. The van der Waals surface area contributed by atoms with Crippen LogP contribution in [0.2, 0.25) is 0 Å². The Morgan fingerprint density at radius 3 is 1.91 bits per heavy atom. The summed E-state index contributed by atoms with van der Waals surface area (Å²) in [5.41, 5.74) is 12.4. The van der Waals surface area contributed by atoms with Crippen LogP contribution in [0, 0.1) is 0 Å². The lowest BCUT2D eigenvalue weighted by Gasteiger charge is -2.28. The summed E-state index contributed by atoms with van der Waals surface area (Å²) in [6.45, 7) is 4.75. The highest BCUT2D eigenvalue weighted by molar-refractivity contribution is 6.21. The Hall–Kier alpha value is -5.60. The third-order valence-electron chi connectivity index (χ3n) is 9.75. The van der Waals surface area contributed by atoms with Crippen LogP contribution in [0.4, 0.5) is 17.1 Å². The summed E-state index contributed by atoms with van der Waals surface area (Å²) in [5, 5.41) is 5.17. The number of nitrogens with zero attached hydrogens (tertiary/aromatic N) is 2. The van der Waals surface area contributed by atoms with Crippen molar-refractivity contribution in [3.63, 3.8) is 0 Å². The number of anilines is 3. The van der Waals surface area contributed by atoms with Gasteiger partial charge in [0.05, 0.1) is 16.7 Å². The van der Waals surface area contributed by atoms with Gasteiger partial charge in [0.15, 0.2) is 0 Å². The zero-order valence-electron chi connectivity index (χ0n) is 25.4. The maximum Gasteiger partial charge on any atom is 0.0547 e. The third-order valence-corrected chi connectivity index (χ3v) is 9.75. The van der Waals surface area contributed by atoms with E-state index >= 15 is 0 Å². The largest absolute Gasteiger partial charge is 0.310 e. The molecule has 0 N–H and O–H groups in total. The molecule has 0 radical (unpaired) electrons. The predicted octanol–water partition coefficient (Wildman–Crippen LogP) is 11.7. The summed E-state index contributed by atoms with van der Waals surface area (Å²) in [7, 11) is 0. The molecule has 1 aliphatic carbocycles. The highest BCUT2D eigenvalue weighted by Gasteiger charge is 2.38. The summed E-state index contributed by atoms with van der Waals surface area (Å²) in [4.78, 5) is 2.36. The molecular weight excluding hydrogens is 544 g/mol. The van der Waals surface area contributed by atoms with Crippen LogP contribution in [-0.2, 0) is 5.41 Å². The minimum absolute atomic E-state index is 0.165. The van der Waals surface area contributed by atoms with Gasteiger partial charge in [-0.1, -0.05) is 117 Å². The molecule has 8 aromatic rings. The molecule has 0 fully saturated rings. The number of para-hydroxylation sites is 3. The summed E-state index contributed by atoms with van der Waals surface area (Å²) in [6.07, 6.45) is 0.